The molecule has 12 atom stereocenters. The average molecular weight is 1970 g/mol. The number of aliphatic hydroxyl groups excluding tert-OH is 4. The second kappa shape index (κ2) is 31.6. The quantitative estimate of drug-likeness (QED) is 0.0768. The van der Waals surface area contributed by atoms with E-state index in [4.69, 9.17) is 26.5 Å². The van der Waals surface area contributed by atoms with Crippen LogP contribution in [-0.2, 0) is 58.2 Å². The van der Waals surface area contributed by atoms with Crippen molar-refractivity contribution in [1.29, 1.82) is 0 Å². The molecule has 6 aromatic heterocycles. The molecule has 17 aliphatic carbocycles. The number of aromatic hydroxyl groups is 2. The Morgan fingerprint density at radius 2 is 0.682 bits per heavy atom. The van der Waals surface area contributed by atoms with Gasteiger partial charge < -0.3 is 57.1 Å². The molecule has 7 aromatic carbocycles. The summed E-state index contributed by atoms with van der Waals surface area (Å²) in [6.45, 7) is 36.1. The van der Waals surface area contributed by atoms with E-state index in [1.54, 1.807) is 56.0 Å². The van der Waals surface area contributed by atoms with Crippen LogP contribution < -0.4 is 0 Å². The highest BCUT2D eigenvalue weighted by Gasteiger charge is 2.61. The molecule has 0 amide bonds. The molecule has 0 aliphatic heterocycles. The third kappa shape index (κ3) is 12.1. The Bertz CT molecular complexity index is 8740. The number of rotatable bonds is 0. The number of aliphatic hydroxyl groups is 4. The molecule has 6 heterocycles. The van der Waals surface area contributed by atoms with Crippen molar-refractivity contribution in [2.45, 2.75) is 202 Å². The Labute approximate surface area is 846 Å². The average Bonchev–Trinajstić information content (AvgIpc) is 1.47. The van der Waals surface area contributed by atoms with Crippen LogP contribution >= 0.6 is 0 Å². The van der Waals surface area contributed by atoms with Crippen molar-refractivity contribution in [2.24, 2.45) is 11.8 Å². The maximum atomic E-state index is 13.2. The number of Topliss-reactive ketones (excluding diaryl/α,β-unsaturated/α-hetero) is 2. The fraction of sp³-hybridized carbons (Fsp3) is 0.274. The Balaban J connectivity index is 0.0000000923. The number of hydrogen-bond acceptors (Lipinski definition) is 24. The van der Waals surface area contributed by atoms with Gasteiger partial charge in [0.1, 0.15) is 24.0 Å². The SMILES string of the molecule is C=C1CC[C@@]2(C)c3cc4c(O)ccc(O)c4cc3C(=O)c3occ1c32.C=C1CC[C@@]2(C)c3cc4c(cc3C(=O)c3occ1c32)C(=O)C=CC4=O.C=C1CCc2c1ccc1c2C(=O)c2occ3c2[C@]1(C)[C@H](O)CC3=O.C=C1CCc2c1ccc1c2C(=O)c2occ3c2[C@]1(C)[C@H](O)[C@H](C)C3=O.C=C1CCc2c1ccc1c2C(=O)c2occ3c2[C@]1(C)[C@H](O)[C@H](C)[C@@H]3O.C[C@@]12CCCc3coc(c31)C(=O)c1cc3c(cc12)C(=O)C=CC3=O. The highest BCUT2D eigenvalue weighted by molar-refractivity contribution is 6.27. The molecule has 24 nitrogen and oxygen atoms in total. The summed E-state index contributed by atoms with van der Waals surface area (Å²) in [7, 11) is 0. The lowest BCUT2D eigenvalue weighted by Crippen LogP contribution is -2.51. The molecule has 0 unspecified atom stereocenters. The lowest BCUT2D eigenvalue weighted by molar-refractivity contribution is -0.0257. The molecular formula is C124H98O24. The van der Waals surface area contributed by atoms with Crippen LogP contribution in [0, 0.1) is 11.8 Å². The summed E-state index contributed by atoms with van der Waals surface area (Å²) in [5.74, 6) is -1.35. The molecule has 738 valence electrons. The Morgan fingerprint density at radius 1 is 0.318 bits per heavy atom. The van der Waals surface area contributed by atoms with Gasteiger partial charge in [-0.15, -0.1) is 0 Å². The number of benzene rings is 7. The second-order valence-electron chi connectivity index (χ2n) is 43.8. The number of fused-ring (bicyclic) bond motifs is 21. The number of ketones is 12. The van der Waals surface area contributed by atoms with Crippen molar-refractivity contribution in [3.05, 3.63) is 403 Å². The van der Waals surface area contributed by atoms with Crippen molar-refractivity contribution in [3.8, 4) is 11.5 Å². The van der Waals surface area contributed by atoms with E-state index in [0.29, 0.717) is 117 Å². The maximum Gasteiger partial charge on any atom is 0.229 e. The van der Waals surface area contributed by atoms with Crippen LogP contribution in [0.3, 0.4) is 0 Å². The molecule has 30 rings (SSSR count). The van der Waals surface area contributed by atoms with Crippen molar-refractivity contribution in [1.82, 2.24) is 0 Å². The van der Waals surface area contributed by atoms with Gasteiger partial charge in [0.25, 0.3) is 0 Å². The molecule has 0 bridgehead atoms. The molecule has 0 fully saturated rings. The summed E-state index contributed by atoms with van der Waals surface area (Å²) < 4.78 is 33.6. The van der Waals surface area contributed by atoms with E-state index in [0.717, 1.165) is 211 Å². The summed E-state index contributed by atoms with van der Waals surface area (Å²) in [6.07, 6.45) is 21.8. The van der Waals surface area contributed by atoms with Crippen LogP contribution in [0.4, 0.5) is 0 Å². The van der Waals surface area contributed by atoms with E-state index in [1.807, 2.05) is 70.2 Å². The first-order chi connectivity index (χ1) is 70.5. The van der Waals surface area contributed by atoms with Gasteiger partial charge in [0.2, 0.25) is 34.7 Å². The number of hydrogen-bond donors (Lipinski definition) is 6. The van der Waals surface area contributed by atoms with Crippen molar-refractivity contribution in [3.63, 3.8) is 0 Å². The van der Waals surface area contributed by atoms with E-state index in [-0.39, 0.29) is 121 Å². The minimum absolute atomic E-state index is 0.0384. The van der Waals surface area contributed by atoms with Gasteiger partial charge in [-0.25, -0.2) is 0 Å². The lowest BCUT2D eigenvalue weighted by Gasteiger charge is -2.47. The zero-order chi connectivity index (χ0) is 104. The standard InChI is InChI=1S/C21H20O4.C21H18O4.C21H16O4.C21H14O4.C20H16O4.C20H14O4/c2*1-9-4-5-12-11(9)6-7-14-15(12)18(23)19-16-13(8-25-19)17(22)10(2)20(24)21(14,16)3;2*1-10-5-6-21(2)15-8-12-11(16(22)3-4-17(12)23)7-13(15)19(24)20-18(21)14(10)9-25-20;1-9-3-4-11-10(9)5-6-13-16(11)18(23)19-17-12(8-24-19)14(21)7-15(22)20(13,17)2;1-20-6-2-3-10-9-24-19(17(10)20)18(23)13-7-11-12(8-14(13)20)16(22)5-4-15(11)21/h6-8,10,17,20,22,24H,1,4-5H2,2-3H3;6-8,10,20,24H,1,4-5H2,2-3H3;3-4,7-9,22-23H,1,5-6H2,2H3;3-4,7-9H,1,5-6H2,2H3;5-6,8,15,22H,1,3-4,7H2,2H3;4-5,7-9H,2-3,6H2,1H3/t10-,17+,20-,21-;10-,20-,21-;2*21-;15-,20+;20-/m110010/s1. The molecular weight excluding hydrogens is 1870 g/mol. The first kappa shape index (κ1) is 93.2. The minimum atomic E-state index is -0.904. The van der Waals surface area contributed by atoms with Gasteiger partial charge in [-0.1, -0.05) is 104 Å². The number of carbonyl (C=O) groups excluding carboxylic acids is 12. The number of carbonyl (C=O) groups is 12. The van der Waals surface area contributed by atoms with Crippen LogP contribution in [0.1, 0.15) is 407 Å². The number of phenols is 2. The maximum absolute atomic E-state index is 13.2. The number of allylic oxidation sites excluding steroid dienone is 9. The zero-order valence-corrected chi connectivity index (χ0v) is 82.3. The molecule has 13 aromatic rings. The van der Waals surface area contributed by atoms with Gasteiger partial charge in [-0.2, -0.15) is 0 Å². The third-order valence-corrected chi connectivity index (χ3v) is 36.3. The molecule has 0 radical (unpaired) electrons. The van der Waals surface area contributed by atoms with Crippen molar-refractivity contribution in [2.75, 3.05) is 0 Å². The van der Waals surface area contributed by atoms with E-state index in [1.165, 1.54) is 55.2 Å². The Morgan fingerprint density at radius 3 is 1.16 bits per heavy atom. The summed E-state index contributed by atoms with van der Waals surface area (Å²) in [6, 6.07) is 24.9. The fourth-order valence-corrected chi connectivity index (χ4v) is 28.1. The van der Waals surface area contributed by atoms with E-state index in [9.17, 15) is 88.2 Å². The number of phenolic OH excluding ortho intramolecular Hbond substituents is 2. The largest absolute Gasteiger partial charge is 0.507 e. The van der Waals surface area contributed by atoms with Gasteiger partial charge >= 0.3 is 0 Å². The second-order valence-corrected chi connectivity index (χ2v) is 43.8. The van der Waals surface area contributed by atoms with Crippen LogP contribution in [0.5, 0.6) is 11.5 Å². The molecule has 24 heteroatoms. The highest BCUT2D eigenvalue weighted by atomic mass is 16.4. The van der Waals surface area contributed by atoms with Gasteiger partial charge in [0.05, 0.1) is 60.6 Å². The summed E-state index contributed by atoms with van der Waals surface area (Å²) in [5, 5.41) is 64.8. The van der Waals surface area contributed by atoms with Gasteiger partial charge in [0.15, 0.2) is 69.3 Å². The van der Waals surface area contributed by atoms with E-state index >= 15 is 0 Å². The van der Waals surface area contributed by atoms with Gasteiger partial charge in [-0.05, 0) is 277 Å². The van der Waals surface area contributed by atoms with Gasteiger partial charge in [0, 0.05) is 167 Å². The zero-order valence-electron chi connectivity index (χ0n) is 82.3. The predicted molar refractivity (Wildman–Crippen MR) is 543 cm³/mol. The summed E-state index contributed by atoms with van der Waals surface area (Å²) >= 11 is 0. The monoisotopic (exact) mass is 1970 g/mol. The van der Waals surface area contributed by atoms with E-state index in [2.05, 4.69) is 53.7 Å². The van der Waals surface area contributed by atoms with Crippen molar-refractivity contribution < 1.29 is 115 Å². The van der Waals surface area contributed by atoms with E-state index < -0.39 is 52.0 Å². The number of aryl methyl sites for hydroxylation is 1. The first-order valence-electron chi connectivity index (χ1n) is 50.1. The lowest BCUT2D eigenvalue weighted by atomic mass is 9.58. The molecule has 0 spiro atoms. The van der Waals surface area contributed by atoms with Gasteiger partial charge in [-0.3, -0.25) is 57.5 Å². The topological polar surface area (TPSA) is 405 Å². The third-order valence-electron chi connectivity index (χ3n) is 36.3. The highest BCUT2D eigenvalue weighted by Crippen LogP contribution is 2.62. The molecule has 17 aliphatic rings. The Kier molecular flexibility index (Phi) is 19.9. The normalized spacial score (nSPS) is 26.3. The molecule has 0 saturated heterocycles. The van der Waals surface area contributed by atoms with Crippen molar-refractivity contribution >= 4 is 108 Å². The fourth-order valence-electron chi connectivity index (χ4n) is 28.1. The summed E-state index contributed by atoms with van der Waals surface area (Å²) in [4.78, 5) is 152. The predicted octanol–water partition coefficient (Wildman–Crippen LogP) is 21.2. The molecule has 6 N–H and O–H groups in total. The molecule has 0 saturated carbocycles. The Hall–Kier alpha value is -15.9. The smallest absolute Gasteiger partial charge is 0.229 e. The minimum Gasteiger partial charge on any atom is -0.507 e. The summed E-state index contributed by atoms with van der Waals surface area (Å²) in [5.41, 5.74) is 26.2. The van der Waals surface area contributed by atoms with Crippen LogP contribution in [0.2, 0.25) is 0 Å². The van der Waals surface area contributed by atoms with Crippen LogP contribution in [0.15, 0.2) is 206 Å². The first-order valence-corrected chi connectivity index (χ1v) is 50.1. The van der Waals surface area contributed by atoms with Crippen LogP contribution in [0.25, 0.3) is 38.6 Å². The number of furan rings is 6. The molecule has 148 heavy (non-hydrogen) atoms. The van der Waals surface area contributed by atoms with Crippen LogP contribution in [-0.4, -0.2) is 118 Å².